The van der Waals surface area contributed by atoms with Crippen molar-refractivity contribution in [2.45, 2.75) is 25.8 Å². The van der Waals surface area contributed by atoms with Gasteiger partial charge in [-0.25, -0.2) is 4.99 Å². The van der Waals surface area contributed by atoms with Crippen molar-refractivity contribution >= 4 is 50.4 Å². The van der Waals surface area contributed by atoms with Crippen LogP contribution in [0.4, 0.5) is 0 Å². The van der Waals surface area contributed by atoms with Crippen LogP contribution in [0.2, 0.25) is 0 Å². The van der Waals surface area contributed by atoms with Gasteiger partial charge in [-0.1, -0.05) is 63.7 Å². The maximum atomic E-state index is 13.8. The fraction of sp³-hybridized carbons (Fsp3) is 0.133. The minimum Gasteiger partial charge on any atom is -0.457 e. The molecular formula is C30H21BrN2O2S2. The zero-order valence-corrected chi connectivity index (χ0v) is 23.1. The van der Waals surface area contributed by atoms with Gasteiger partial charge in [0.25, 0.3) is 5.56 Å². The second kappa shape index (κ2) is 8.94. The number of thiophene rings is 1. The number of benzene rings is 2. The summed E-state index contributed by atoms with van der Waals surface area (Å²) < 4.78 is 9.64. The Hall–Kier alpha value is -3.26. The smallest absolute Gasteiger partial charge is 0.271 e. The van der Waals surface area contributed by atoms with Gasteiger partial charge in [0.1, 0.15) is 11.5 Å². The maximum absolute atomic E-state index is 13.8. The summed E-state index contributed by atoms with van der Waals surface area (Å²) in [7, 11) is 0. The van der Waals surface area contributed by atoms with Crippen LogP contribution in [-0.4, -0.2) is 4.57 Å². The number of furan rings is 1. The molecule has 4 heterocycles. The molecule has 37 heavy (non-hydrogen) atoms. The molecule has 0 saturated carbocycles. The van der Waals surface area contributed by atoms with Crippen LogP contribution in [0.5, 0.6) is 0 Å². The lowest BCUT2D eigenvalue weighted by molar-refractivity contribution is 0.570. The molecular weight excluding hydrogens is 564 g/mol. The van der Waals surface area contributed by atoms with Crippen molar-refractivity contribution in [1.82, 2.24) is 4.57 Å². The summed E-state index contributed by atoms with van der Waals surface area (Å²) in [6.07, 6.45) is 3.70. The Labute approximate surface area is 229 Å². The number of aromatic nitrogens is 1. The van der Waals surface area contributed by atoms with E-state index in [1.165, 1.54) is 38.5 Å². The summed E-state index contributed by atoms with van der Waals surface area (Å²) in [4.78, 5) is 20.8. The Morgan fingerprint density at radius 1 is 1.05 bits per heavy atom. The molecule has 7 heteroatoms. The molecule has 0 bridgehead atoms. The number of fused-ring (bicyclic) bond motifs is 3. The molecule has 0 N–H and O–H groups in total. The maximum Gasteiger partial charge on any atom is 0.271 e. The summed E-state index contributed by atoms with van der Waals surface area (Å²) in [6.45, 7) is 2.06. The minimum absolute atomic E-state index is 0.0259. The van der Waals surface area contributed by atoms with Gasteiger partial charge in [-0.3, -0.25) is 9.36 Å². The average Bonchev–Trinajstić information content (AvgIpc) is 3.65. The largest absolute Gasteiger partial charge is 0.457 e. The van der Waals surface area contributed by atoms with Crippen LogP contribution in [0.15, 0.2) is 96.4 Å². The zero-order chi connectivity index (χ0) is 25.1. The fourth-order valence-corrected chi connectivity index (χ4v) is 7.76. The number of rotatable bonds is 3. The molecule has 0 radical (unpaired) electrons. The number of hydrogen-bond acceptors (Lipinski definition) is 5. The summed E-state index contributed by atoms with van der Waals surface area (Å²) in [5.74, 6) is 1.41. The van der Waals surface area contributed by atoms with Gasteiger partial charge in [0.05, 0.1) is 16.3 Å². The molecule has 1 aliphatic heterocycles. The lowest BCUT2D eigenvalue weighted by Crippen LogP contribution is -2.38. The molecule has 5 aromatic rings. The van der Waals surface area contributed by atoms with Gasteiger partial charge in [0.2, 0.25) is 0 Å². The van der Waals surface area contributed by atoms with E-state index < -0.39 is 0 Å². The van der Waals surface area contributed by atoms with E-state index in [-0.39, 0.29) is 11.6 Å². The van der Waals surface area contributed by atoms with E-state index >= 15 is 0 Å². The second-order valence-electron chi connectivity index (χ2n) is 9.31. The second-order valence-corrected chi connectivity index (χ2v) is 12.2. The van der Waals surface area contributed by atoms with Crippen molar-refractivity contribution in [2.75, 3.05) is 0 Å². The number of hydrogen-bond donors (Lipinski definition) is 0. The van der Waals surface area contributed by atoms with E-state index in [0.717, 1.165) is 39.1 Å². The van der Waals surface area contributed by atoms with Crippen molar-refractivity contribution in [3.63, 3.8) is 0 Å². The summed E-state index contributed by atoms with van der Waals surface area (Å²) in [5.41, 5.74) is 6.88. The molecule has 1 atom stereocenters. The predicted octanol–water partition coefficient (Wildman–Crippen LogP) is 6.71. The molecule has 2 aromatic carbocycles. The molecule has 7 rings (SSSR count). The summed E-state index contributed by atoms with van der Waals surface area (Å²) >= 11 is 6.76. The third-order valence-corrected chi connectivity index (χ3v) is 9.54. The zero-order valence-electron chi connectivity index (χ0n) is 19.9. The Balaban J connectivity index is 1.38. The lowest BCUT2D eigenvalue weighted by Gasteiger charge is -2.30. The summed E-state index contributed by atoms with van der Waals surface area (Å²) in [5, 5.41) is 2.08. The van der Waals surface area contributed by atoms with Gasteiger partial charge in [0.15, 0.2) is 4.80 Å². The van der Waals surface area contributed by atoms with Crippen molar-refractivity contribution in [3.8, 4) is 11.3 Å². The van der Waals surface area contributed by atoms with Crippen LogP contribution in [0, 0.1) is 6.92 Å². The molecule has 2 aliphatic rings. The quantitative estimate of drug-likeness (QED) is 0.236. The first-order valence-electron chi connectivity index (χ1n) is 12.1. The lowest BCUT2D eigenvalue weighted by atomic mass is 9.85. The van der Waals surface area contributed by atoms with Crippen LogP contribution >= 0.6 is 38.6 Å². The third kappa shape index (κ3) is 3.84. The number of thiazole rings is 1. The highest BCUT2D eigenvalue weighted by Gasteiger charge is 2.33. The Morgan fingerprint density at radius 3 is 2.78 bits per heavy atom. The number of allylic oxidation sites excluding steroid dienone is 1. The van der Waals surface area contributed by atoms with Crippen LogP contribution in [-0.2, 0) is 6.42 Å². The normalized spacial score (nSPS) is 16.8. The Morgan fingerprint density at radius 2 is 1.95 bits per heavy atom. The SMILES string of the molecule is Cc1ccc(-c2ccc(/C=c3\sc4n(c3=O)C(c3cccs3)C3=C(N=4)c4ccccc4CC3)o2)c(Br)c1. The van der Waals surface area contributed by atoms with Gasteiger partial charge in [-0.15, -0.1) is 11.3 Å². The topological polar surface area (TPSA) is 47.5 Å². The molecule has 0 amide bonds. The first-order valence-corrected chi connectivity index (χ1v) is 14.6. The van der Waals surface area contributed by atoms with Crippen LogP contribution in [0.1, 0.15) is 39.8 Å². The molecule has 1 unspecified atom stereocenters. The minimum atomic E-state index is -0.127. The molecule has 182 valence electrons. The molecule has 3 aromatic heterocycles. The van der Waals surface area contributed by atoms with Crippen LogP contribution < -0.4 is 14.9 Å². The van der Waals surface area contributed by atoms with E-state index in [9.17, 15) is 4.79 Å². The van der Waals surface area contributed by atoms with Gasteiger partial charge in [-0.2, -0.15) is 0 Å². The molecule has 0 spiro atoms. The van der Waals surface area contributed by atoms with Crippen LogP contribution in [0.25, 0.3) is 23.1 Å². The Bertz CT molecular complexity index is 1890. The average molecular weight is 586 g/mol. The molecule has 1 aliphatic carbocycles. The monoisotopic (exact) mass is 584 g/mol. The highest BCUT2D eigenvalue weighted by Crippen LogP contribution is 2.42. The number of aryl methyl sites for hydroxylation is 2. The fourth-order valence-electron chi connectivity index (χ4n) is 5.24. The number of nitrogens with zero attached hydrogens (tertiary/aromatic N) is 2. The van der Waals surface area contributed by atoms with E-state index in [1.807, 2.05) is 28.8 Å². The highest BCUT2D eigenvalue weighted by atomic mass is 79.9. The van der Waals surface area contributed by atoms with E-state index in [1.54, 1.807) is 11.3 Å². The number of halogens is 1. The first kappa shape index (κ1) is 22.9. The first-order chi connectivity index (χ1) is 18.1. The van der Waals surface area contributed by atoms with Crippen molar-refractivity contribution in [1.29, 1.82) is 0 Å². The van der Waals surface area contributed by atoms with Gasteiger partial charge in [-0.05, 0) is 72.2 Å². The van der Waals surface area contributed by atoms with E-state index in [2.05, 4.69) is 76.8 Å². The van der Waals surface area contributed by atoms with Gasteiger partial charge < -0.3 is 4.42 Å². The van der Waals surface area contributed by atoms with Crippen molar-refractivity contribution in [3.05, 3.63) is 129 Å². The highest BCUT2D eigenvalue weighted by molar-refractivity contribution is 9.10. The summed E-state index contributed by atoms with van der Waals surface area (Å²) in [6, 6.07) is 22.6. The van der Waals surface area contributed by atoms with Crippen molar-refractivity contribution in [2.24, 2.45) is 4.99 Å². The van der Waals surface area contributed by atoms with Crippen molar-refractivity contribution < 1.29 is 4.42 Å². The van der Waals surface area contributed by atoms with E-state index in [0.29, 0.717) is 10.3 Å². The molecule has 0 fully saturated rings. The van der Waals surface area contributed by atoms with Gasteiger partial charge >= 0.3 is 0 Å². The predicted molar refractivity (Wildman–Crippen MR) is 154 cm³/mol. The third-order valence-electron chi connectivity index (χ3n) is 6.98. The van der Waals surface area contributed by atoms with Crippen LogP contribution in [0.3, 0.4) is 0 Å². The molecule has 4 nitrogen and oxygen atoms in total. The Kier molecular flexibility index (Phi) is 5.53. The van der Waals surface area contributed by atoms with Gasteiger partial charge in [0, 0.05) is 26.6 Å². The standard InChI is InChI=1S/C30H21BrN2O2S2/c1-17-8-11-21(23(31)15-17)24-13-10-19(35-24)16-26-29(34)33-28(25-7-4-14-36-25)22-12-9-18-5-2-3-6-20(18)27(22)32-30(33)37-26/h2-8,10-11,13-16,28H,9,12H2,1H3/b26-16-. The molecule has 0 saturated heterocycles. The van der Waals surface area contributed by atoms with E-state index in [4.69, 9.17) is 9.41 Å².